The van der Waals surface area contributed by atoms with Crippen molar-refractivity contribution in [1.82, 2.24) is 0 Å². The molecule has 0 radical (unpaired) electrons. The molecule has 1 atom stereocenters. The third-order valence-corrected chi connectivity index (χ3v) is 5.00. The summed E-state index contributed by atoms with van der Waals surface area (Å²) in [5.41, 5.74) is 2.09. The van der Waals surface area contributed by atoms with E-state index in [1.54, 1.807) is 11.3 Å². The maximum Gasteiger partial charge on any atom is 0.323 e. The Hall–Kier alpha value is -1.33. The summed E-state index contributed by atoms with van der Waals surface area (Å²) in [6.45, 7) is 4.03. The van der Waals surface area contributed by atoms with E-state index in [9.17, 15) is 4.79 Å². The zero-order chi connectivity index (χ0) is 14.7. The van der Waals surface area contributed by atoms with Gasteiger partial charge in [0.2, 0.25) is 0 Å². The maximum absolute atomic E-state index is 11.1. The third kappa shape index (κ3) is 3.61. The van der Waals surface area contributed by atoms with Gasteiger partial charge in [0.05, 0.1) is 6.04 Å². The van der Waals surface area contributed by atoms with Crippen molar-refractivity contribution in [3.63, 3.8) is 0 Å². The van der Waals surface area contributed by atoms with Gasteiger partial charge in [-0.15, -0.1) is 11.3 Å². The Morgan fingerprint density at radius 3 is 2.55 bits per heavy atom. The molecule has 0 aliphatic carbocycles. The smallest absolute Gasteiger partial charge is 0.323 e. The first-order valence-corrected chi connectivity index (χ1v) is 7.93. The molecule has 1 aromatic carbocycles. The summed E-state index contributed by atoms with van der Waals surface area (Å²) in [5, 5.41) is 11.2. The molecular formula is C15H16BrNO2S. The SMILES string of the molecule is Cc1ccc(N(CC(=O)O)C(C)c2cc(Br)cs2)cc1. The van der Waals surface area contributed by atoms with Crippen LogP contribution in [0.5, 0.6) is 0 Å². The van der Waals surface area contributed by atoms with Crippen LogP contribution in [-0.2, 0) is 4.79 Å². The number of nitrogens with zero attached hydrogens (tertiary/aromatic N) is 1. The van der Waals surface area contributed by atoms with E-state index in [1.165, 1.54) is 0 Å². The van der Waals surface area contributed by atoms with E-state index >= 15 is 0 Å². The summed E-state index contributed by atoms with van der Waals surface area (Å²) in [4.78, 5) is 14.2. The third-order valence-electron chi connectivity index (χ3n) is 3.14. The summed E-state index contributed by atoms with van der Waals surface area (Å²) in [6, 6.07) is 10.0. The Morgan fingerprint density at radius 1 is 1.40 bits per heavy atom. The molecule has 3 nitrogen and oxygen atoms in total. The van der Waals surface area contributed by atoms with E-state index in [-0.39, 0.29) is 12.6 Å². The van der Waals surface area contributed by atoms with E-state index in [0.717, 1.165) is 20.6 Å². The Kier molecular flexibility index (Phi) is 4.83. The zero-order valence-electron chi connectivity index (χ0n) is 11.3. The fourth-order valence-corrected chi connectivity index (χ4v) is 3.55. The molecule has 1 heterocycles. The molecule has 0 aliphatic rings. The van der Waals surface area contributed by atoms with Crippen LogP contribution in [0, 0.1) is 6.92 Å². The molecule has 2 rings (SSSR count). The number of rotatable bonds is 5. The molecule has 0 bridgehead atoms. The van der Waals surface area contributed by atoms with Crippen molar-refractivity contribution >= 4 is 38.9 Å². The highest BCUT2D eigenvalue weighted by Gasteiger charge is 2.20. The number of hydrogen-bond acceptors (Lipinski definition) is 3. The Morgan fingerprint density at radius 2 is 2.05 bits per heavy atom. The minimum absolute atomic E-state index is 0.0141. The van der Waals surface area contributed by atoms with Crippen molar-refractivity contribution in [1.29, 1.82) is 0 Å². The van der Waals surface area contributed by atoms with Crippen LogP contribution < -0.4 is 4.90 Å². The lowest BCUT2D eigenvalue weighted by atomic mass is 10.1. The molecule has 0 aliphatic heterocycles. The van der Waals surface area contributed by atoms with Gasteiger partial charge in [-0.3, -0.25) is 4.79 Å². The molecule has 20 heavy (non-hydrogen) atoms. The molecule has 0 spiro atoms. The number of carboxylic acid groups (broad SMARTS) is 1. The molecule has 1 N–H and O–H groups in total. The van der Waals surface area contributed by atoms with Gasteiger partial charge in [0, 0.05) is 20.4 Å². The maximum atomic E-state index is 11.1. The molecule has 0 saturated heterocycles. The summed E-state index contributed by atoms with van der Waals surface area (Å²) in [7, 11) is 0. The van der Waals surface area contributed by atoms with Gasteiger partial charge in [-0.05, 0) is 48.0 Å². The average molecular weight is 354 g/mol. The number of hydrogen-bond donors (Lipinski definition) is 1. The number of carbonyl (C=O) groups is 1. The van der Waals surface area contributed by atoms with Crippen LogP contribution >= 0.6 is 27.3 Å². The Bertz CT molecular complexity index is 594. The molecule has 1 aromatic heterocycles. The first-order valence-electron chi connectivity index (χ1n) is 6.26. The van der Waals surface area contributed by atoms with Crippen LogP contribution in [0.1, 0.15) is 23.4 Å². The molecule has 0 amide bonds. The number of carboxylic acids is 1. The van der Waals surface area contributed by atoms with Gasteiger partial charge in [0.1, 0.15) is 6.54 Å². The molecule has 1 unspecified atom stereocenters. The van der Waals surface area contributed by atoms with E-state index in [1.807, 2.05) is 54.5 Å². The lowest BCUT2D eigenvalue weighted by Gasteiger charge is -2.29. The monoisotopic (exact) mass is 353 g/mol. The largest absolute Gasteiger partial charge is 0.480 e. The molecule has 0 saturated carbocycles. The van der Waals surface area contributed by atoms with Gasteiger partial charge in [-0.2, -0.15) is 0 Å². The number of benzene rings is 1. The summed E-state index contributed by atoms with van der Waals surface area (Å²) < 4.78 is 1.03. The molecule has 106 valence electrons. The number of anilines is 1. The normalized spacial score (nSPS) is 12.2. The minimum atomic E-state index is -0.826. The second-order valence-corrected chi connectivity index (χ2v) is 6.56. The van der Waals surface area contributed by atoms with E-state index in [2.05, 4.69) is 15.9 Å². The lowest BCUT2D eigenvalue weighted by Crippen LogP contribution is -2.31. The van der Waals surface area contributed by atoms with E-state index < -0.39 is 5.97 Å². The first-order chi connectivity index (χ1) is 9.47. The molecule has 0 fully saturated rings. The quantitative estimate of drug-likeness (QED) is 0.861. The average Bonchev–Trinajstić information content (AvgIpc) is 2.83. The Labute approximate surface area is 131 Å². The van der Waals surface area contributed by atoms with Crippen LogP contribution in [-0.4, -0.2) is 17.6 Å². The predicted octanol–water partition coefficient (Wildman–Crippen LogP) is 4.47. The minimum Gasteiger partial charge on any atom is -0.480 e. The lowest BCUT2D eigenvalue weighted by molar-refractivity contribution is -0.135. The Balaban J connectivity index is 2.31. The van der Waals surface area contributed by atoms with E-state index in [4.69, 9.17) is 5.11 Å². The summed E-state index contributed by atoms with van der Waals surface area (Å²) >= 11 is 5.07. The molecule has 5 heteroatoms. The van der Waals surface area contributed by atoms with Gasteiger partial charge in [-0.1, -0.05) is 17.7 Å². The van der Waals surface area contributed by atoms with Crippen LogP contribution in [0.2, 0.25) is 0 Å². The van der Waals surface area contributed by atoms with E-state index in [0.29, 0.717) is 0 Å². The van der Waals surface area contributed by atoms with Crippen molar-refractivity contribution < 1.29 is 9.90 Å². The van der Waals surface area contributed by atoms with Crippen molar-refractivity contribution in [2.75, 3.05) is 11.4 Å². The molecule has 2 aromatic rings. The standard InChI is InChI=1S/C15H16BrNO2S/c1-10-3-5-13(6-4-10)17(8-15(18)19)11(2)14-7-12(16)9-20-14/h3-7,9,11H,8H2,1-2H3,(H,18,19). The van der Waals surface area contributed by atoms with Gasteiger partial charge < -0.3 is 10.0 Å². The summed E-state index contributed by atoms with van der Waals surface area (Å²) in [6.07, 6.45) is 0. The van der Waals surface area contributed by atoms with Crippen LogP contribution in [0.4, 0.5) is 5.69 Å². The van der Waals surface area contributed by atoms with Crippen LogP contribution in [0.3, 0.4) is 0 Å². The fourth-order valence-electron chi connectivity index (χ4n) is 2.03. The number of thiophene rings is 1. The summed E-state index contributed by atoms with van der Waals surface area (Å²) in [5.74, 6) is -0.826. The highest BCUT2D eigenvalue weighted by molar-refractivity contribution is 9.10. The second-order valence-electron chi connectivity index (χ2n) is 4.70. The topological polar surface area (TPSA) is 40.5 Å². The first kappa shape index (κ1) is 15.1. The van der Waals surface area contributed by atoms with Gasteiger partial charge >= 0.3 is 5.97 Å². The van der Waals surface area contributed by atoms with Crippen molar-refractivity contribution in [2.24, 2.45) is 0 Å². The van der Waals surface area contributed by atoms with Crippen molar-refractivity contribution in [3.8, 4) is 0 Å². The second kappa shape index (κ2) is 6.41. The fraction of sp³-hybridized carbons (Fsp3) is 0.267. The predicted molar refractivity (Wildman–Crippen MR) is 86.6 cm³/mol. The van der Waals surface area contributed by atoms with Gasteiger partial charge in [-0.25, -0.2) is 0 Å². The van der Waals surface area contributed by atoms with Crippen molar-refractivity contribution in [3.05, 3.63) is 50.6 Å². The number of aliphatic carboxylic acids is 1. The van der Waals surface area contributed by atoms with Gasteiger partial charge in [0.15, 0.2) is 0 Å². The van der Waals surface area contributed by atoms with Crippen LogP contribution in [0.15, 0.2) is 40.2 Å². The number of aryl methyl sites for hydroxylation is 1. The zero-order valence-corrected chi connectivity index (χ0v) is 13.7. The number of halogens is 1. The molecular weight excluding hydrogens is 338 g/mol. The highest BCUT2D eigenvalue weighted by atomic mass is 79.9. The highest BCUT2D eigenvalue weighted by Crippen LogP contribution is 2.32. The van der Waals surface area contributed by atoms with Crippen molar-refractivity contribution in [2.45, 2.75) is 19.9 Å². The van der Waals surface area contributed by atoms with Crippen LogP contribution in [0.25, 0.3) is 0 Å². The van der Waals surface area contributed by atoms with Gasteiger partial charge in [0.25, 0.3) is 0 Å².